The average molecular weight is 548 g/mol. The van der Waals surface area contributed by atoms with Gasteiger partial charge in [0, 0.05) is 0 Å². The first kappa shape index (κ1) is 27.7. The second kappa shape index (κ2) is 10.5. The van der Waals surface area contributed by atoms with Crippen molar-refractivity contribution in [2.75, 3.05) is 18.9 Å². The Labute approximate surface area is 206 Å². The van der Waals surface area contributed by atoms with E-state index in [4.69, 9.17) is 43.7 Å². The molecule has 0 amide bonds. The van der Waals surface area contributed by atoms with Gasteiger partial charge in [-0.05, 0) is 0 Å². The van der Waals surface area contributed by atoms with Gasteiger partial charge in [0.05, 0.1) is 12.9 Å². The Balaban J connectivity index is 1.33. The number of aliphatic hydroxyl groups is 5. The summed E-state index contributed by atoms with van der Waals surface area (Å²) in [5, 5.41) is 49.4. The fraction of sp³-hybridized carbons (Fsp3) is 0.667. The van der Waals surface area contributed by atoms with E-state index in [1.807, 2.05) is 0 Å². The molecule has 21 heteroatoms. The highest BCUT2D eigenvalue weighted by Crippen LogP contribution is 2.65. The summed E-state index contributed by atoms with van der Waals surface area (Å²) in [5.74, 6) is 0.0870. The second-order valence-electron chi connectivity index (χ2n) is 7.96. The molecule has 194 valence electrons. The van der Waals surface area contributed by atoms with Gasteiger partial charge in [-0.1, -0.05) is 0 Å². The molecular weight excluding hydrogens is 526 g/mol. The number of nitrogens with two attached hydrogens (primary N) is 1. The number of nitrogens with zero attached hydrogens (tertiary/aromatic N) is 4. The van der Waals surface area contributed by atoms with Gasteiger partial charge in [-0.15, -0.1) is 4.31 Å². The van der Waals surface area contributed by atoms with Crippen LogP contribution >= 0.6 is 15.3 Å². The topological polar surface area (TPSA) is 254 Å². The predicted molar refractivity (Wildman–Crippen MR) is 120 cm³/mol. The van der Waals surface area contributed by atoms with E-state index in [1.54, 1.807) is 0 Å². The van der Waals surface area contributed by atoms with Crippen LogP contribution in [-0.4, -0.2) is 121 Å². The van der Waals surface area contributed by atoms with Crippen LogP contribution in [0.4, 0.5) is 5.82 Å². The highest BCUT2D eigenvalue weighted by atomic mass is 31.3. The largest absolute Gasteiger partial charge is 0.504 e. The standard InChI is InChI=1S/C15H22B2N5O12P2/c16-35(17,30-1-6-9(24)11(26)15(27)33-6)34-36(28,29)31-2-5-8(23)10(25)14(32-5)22-4-21-7-12(18)19-3-20-13(7)22/h3-6,8-11,14-15,23-27H,1-2H2,(H,28,29)(H2,18,19,20)/q+1/t5-,6-,8-,9-,10-,11-,14-,15+/m1/s1. The van der Waals surface area contributed by atoms with Crippen molar-refractivity contribution in [2.24, 2.45) is 0 Å². The molecule has 0 aromatic carbocycles. The molecule has 0 aliphatic carbocycles. The maximum absolute atomic E-state index is 12.4. The van der Waals surface area contributed by atoms with Crippen molar-refractivity contribution in [3.8, 4) is 0 Å². The number of fused-ring (bicyclic) bond motifs is 1. The van der Waals surface area contributed by atoms with Crippen LogP contribution < -0.4 is 5.73 Å². The molecule has 0 saturated carbocycles. The molecule has 4 heterocycles. The summed E-state index contributed by atoms with van der Waals surface area (Å²) in [6, 6.07) is 0. The van der Waals surface area contributed by atoms with Crippen molar-refractivity contribution in [1.82, 2.24) is 19.5 Å². The van der Waals surface area contributed by atoms with Crippen LogP contribution in [0.5, 0.6) is 0 Å². The normalized spacial score (nSPS) is 34.8. The van der Waals surface area contributed by atoms with Crippen molar-refractivity contribution in [2.45, 2.75) is 49.1 Å². The van der Waals surface area contributed by atoms with Crippen LogP contribution in [0.1, 0.15) is 6.23 Å². The Morgan fingerprint density at radius 3 is 2.36 bits per heavy atom. The van der Waals surface area contributed by atoms with Gasteiger partial charge in [-0.2, -0.15) is 0 Å². The number of aliphatic hydroxyl groups excluding tert-OH is 5. The number of rotatable bonds is 9. The number of imidazole rings is 1. The van der Waals surface area contributed by atoms with Crippen LogP contribution in [0.3, 0.4) is 0 Å². The van der Waals surface area contributed by atoms with E-state index in [0.29, 0.717) is 0 Å². The summed E-state index contributed by atoms with van der Waals surface area (Å²) < 4.78 is 38.6. The van der Waals surface area contributed by atoms with E-state index in [-0.39, 0.29) is 17.0 Å². The Morgan fingerprint density at radius 2 is 1.69 bits per heavy atom. The van der Waals surface area contributed by atoms with Gasteiger partial charge in [0.15, 0.2) is 31.5 Å². The summed E-state index contributed by atoms with van der Waals surface area (Å²) in [5.41, 5.74) is 6.19. The SMILES string of the molecule is [B][P+]([B])(OC[C@H]1O[C@H](O)[C@H](O)[C@@H]1O)OP(=O)(O)OC[C@H]1O[C@@H](n2cnc3c(N)ncnc32)[C@H](O)[C@@H]1O. The number of ether oxygens (including phenoxy) is 2. The highest BCUT2D eigenvalue weighted by molar-refractivity contribution is 8.10. The second-order valence-corrected chi connectivity index (χ2v) is 11.4. The third-order valence-corrected chi connectivity index (χ3v) is 8.28. The molecule has 2 saturated heterocycles. The third kappa shape index (κ3) is 5.73. The Hall–Kier alpha value is -1.30. The minimum Gasteiger partial charge on any atom is -0.387 e. The van der Waals surface area contributed by atoms with Gasteiger partial charge in [0.25, 0.3) is 0 Å². The molecule has 8 N–H and O–H groups in total. The zero-order chi connectivity index (χ0) is 26.4. The molecule has 0 spiro atoms. The number of hydrogen-bond donors (Lipinski definition) is 7. The third-order valence-electron chi connectivity index (χ3n) is 5.41. The van der Waals surface area contributed by atoms with E-state index in [0.717, 1.165) is 0 Å². The molecule has 4 rings (SSSR count). The van der Waals surface area contributed by atoms with Gasteiger partial charge < -0.3 is 45.6 Å². The summed E-state index contributed by atoms with van der Waals surface area (Å²) >= 11 is 0. The number of nitrogen functional groups attached to an aromatic ring is 1. The summed E-state index contributed by atoms with van der Waals surface area (Å²) in [7, 11) is 2.16. The van der Waals surface area contributed by atoms with Crippen molar-refractivity contribution in [1.29, 1.82) is 0 Å². The van der Waals surface area contributed by atoms with Crippen LogP contribution in [0.15, 0.2) is 12.7 Å². The van der Waals surface area contributed by atoms with E-state index >= 15 is 0 Å². The van der Waals surface area contributed by atoms with Crippen molar-refractivity contribution < 1.29 is 57.8 Å². The van der Waals surface area contributed by atoms with Gasteiger partial charge in [-0.3, -0.25) is 9.09 Å². The van der Waals surface area contributed by atoms with E-state index in [2.05, 4.69) is 15.0 Å². The number of anilines is 1. The molecule has 2 fully saturated rings. The fourth-order valence-corrected chi connectivity index (χ4v) is 5.97. The first-order valence-electron chi connectivity index (χ1n) is 10.2. The van der Waals surface area contributed by atoms with E-state index < -0.39 is 77.7 Å². The first-order chi connectivity index (χ1) is 16.8. The average Bonchev–Trinajstić information content (AvgIpc) is 3.42. The molecular formula is C15H22B2N5O12P2+. The Kier molecular flexibility index (Phi) is 8.05. The summed E-state index contributed by atoms with van der Waals surface area (Å²) in [6.45, 7) is -1.34. The minimum absolute atomic E-state index is 0.0870. The van der Waals surface area contributed by atoms with Gasteiger partial charge >= 0.3 is 23.0 Å². The summed E-state index contributed by atoms with van der Waals surface area (Å²) in [6.07, 6.45) is -9.18. The van der Waals surface area contributed by atoms with Gasteiger partial charge in [0.2, 0.25) is 0 Å². The van der Waals surface area contributed by atoms with Crippen LogP contribution in [0.2, 0.25) is 0 Å². The number of phosphoric ester groups is 1. The van der Waals surface area contributed by atoms with Crippen LogP contribution in [0, 0.1) is 0 Å². The quantitative estimate of drug-likeness (QED) is 0.119. The lowest BCUT2D eigenvalue weighted by Crippen LogP contribution is -2.34. The maximum Gasteiger partial charge on any atom is 0.504 e. The zero-order valence-electron chi connectivity index (χ0n) is 18.2. The molecule has 0 bridgehead atoms. The van der Waals surface area contributed by atoms with Crippen LogP contribution in [0.25, 0.3) is 11.2 Å². The smallest absolute Gasteiger partial charge is 0.387 e. The lowest BCUT2D eigenvalue weighted by Gasteiger charge is -2.23. The van der Waals surface area contributed by atoms with E-state index in [1.165, 1.54) is 17.2 Å². The van der Waals surface area contributed by atoms with Gasteiger partial charge in [-0.25, -0.2) is 24.0 Å². The molecule has 17 nitrogen and oxygen atoms in total. The Morgan fingerprint density at radius 1 is 1.03 bits per heavy atom. The maximum atomic E-state index is 12.4. The molecule has 1 unspecified atom stereocenters. The fourth-order valence-electron chi connectivity index (χ4n) is 3.59. The van der Waals surface area contributed by atoms with Crippen molar-refractivity contribution in [3.63, 3.8) is 0 Å². The number of hydrogen-bond acceptors (Lipinski definition) is 15. The predicted octanol–water partition coefficient (Wildman–Crippen LogP) is -3.37. The highest BCUT2D eigenvalue weighted by Gasteiger charge is 2.48. The van der Waals surface area contributed by atoms with Crippen molar-refractivity contribution in [3.05, 3.63) is 12.7 Å². The molecule has 9 atom stereocenters. The molecule has 2 aromatic rings. The molecule has 4 radical (unpaired) electrons. The molecule has 2 aliphatic heterocycles. The van der Waals surface area contributed by atoms with E-state index in [9.17, 15) is 35.0 Å². The number of aromatic nitrogens is 4. The monoisotopic (exact) mass is 548 g/mol. The summed E-state index contributed by atoms with van der Waals surface area (Å²) in [4.78, 5) is 21.9. The Bertz CT molecular complexity index is 1130. The van der Waals surface area contributed by atoms with Crippen molar-refractivity contribution >= 4 is 47.4 Å². The van der Waals surface area contributed by atoms with Gasteiger partial charge in [0.1, 0.15) is 55.1 Å². The molecule has 2 aromatic heterocycles. The van der Waals surface area contributed by atoms with Crippen LogP contribution in [-0.2, 0) is 27.4 Å². The zero-order valence-corrected chi connectivity index (χ0v) is 20.0. The minimum atomic E-state index is -5.00. The molecule has 36 heavy (non-hydrogen) atoms. The molecule has 2 aliphatic rings. The number of phosphoric acid groups is 1. The lowest BCUT2D eigenvalue weighted by molar-refractivity contribution is -0.131. The first-order valence-corrected chi connectivity index (χ1v) is 13.5. The lowest BCUT2D eigenvalue weighted by atomic mass is 10.1.